The molecule has 3 heterocycles. The molecular formula is C22H26N6O. The molecule has 1 unspecified atom stereocenters. The number of nitrogens with zero attached hydrogens (tertiary/aromatic N) is 3. The third-order valence-electron chi connectivity index (χ3n) is 5.16. The van der Waals surface area contributed by atoms with Crippen LogP contribution in [0.25, 0.3) is 0 Å². The lowest BCUT2D eigenvalue weighted by Crippen LogP contribution is -2.39. The van der Waals surface area contributed by atoms with Crippen molar-refractivity contribution in [2.24, 2.45) is 0 Å². The Morgan fingerprint density at radius 1 is 1.17 bits per heavy atom. The number of hydrogen-bond donors (Lipinski definition) is 3. The van der Waals surface area contributed by atoms with E-state index < -0.39 is 0 Å². The van der Waals surface area contributed by atoms with E-state index in [1.807, 2.05) is 53.2 Å². The van der Waals surface area contributed by atoms with E-state index in [2.05, 4.69) is 39.9 Å². The van der Waals surface area contributed by atoms with Gasteiger partial charge in [-0.3, -0.25) is 9.78 Å². The number of pyridine rings is 1. The lowest BCUT2D eigenvalue weighted by molar-refractivity contribution is 0.0955. The predicted octanol–water partition coefficient (Wildman–Crippen LogP) is 3.41. The molecule has 29 heavy (non-hydrogen) atoms. The zero-order valence-electron chi connectivity index (χ0n) is 16.7. The molecule has 1 amide bonds. The maximum absolute atomic E-state index is 12.8. The van der Waals surface area contributed by atoms with Gasteiger partial charge in [-0.2, -0.15) is 5.10 Å². The molecular weight excluding hydrogens is 364 g/mol. The number of nitrogens with one attached hydrogen (secondary N) is 3. The largest absolute Gasteiger partial charge is 0.383 e. The summed E-state index contributed by atoms with van der Waals surface area (Å²) in [6, 6.07) is 15.9. The molecule has 7 nitrogen and oxygen atoms in total. The number of anilines is 2. The predicted molar refractivity (Wildman–Crippen MR) is 114 cm³/mol. The third kappa shape index (κ3) is 4.08. The summed E-state index contributed by atoms with van der Waals surface area (Å²) in [5.74, 6) is 0.608. The molecule has 0 spiro atoms. The molecule has 3 aromatic rings. The second kappa shape index (κ2) is 7.95. The Hall–Kier alpha value is -3.35. The normalized spacial score (nSPS) is 17.1. The van der Waals surface area contributed by atoms with Gasteiger partial charge >= 0.3 is 0 Å². The minimum atomic E-state index is -0.226. The van der Waals surface area contributed by atoms with Gasteiger partial charge < -0.3 is 16.0 Å². The first-order valence-electron chi connectivity index (χ1n) is 9.88. The number of para-hydroxylation sites is 1. The minimum Gasteiger partial charge on any atom is -0.383 e. The summed E-state index contributed by atoms with van der Waals surface area (Å²) in [5.41, 5.74) is 2.33. The second-order valence-electron chi connectivity index (χ2n) is 7.84. The summed E-state index contributed by atoms with van der Waals surface area (Å²) >= 11 is 0. The van der Waals surface area contributed by atoms with Gasteiger partial charge in [0, 0.05) is 25.0 Å². The van der Waals surface area contributed by atoms with E-state index in [1.54, 1.807) is 12.4 Å². The highest BCUT2D eigenvalue weighted by Crippen LogP contribution is 2.39. The number of aromatic nitrogens is 3. The van der Waals surface area contributed by atoms with Crippen molar-refractivity contribution in [3.63, 3.8) is 0 Å². The van der Waals surface area contributed by atoms with Crippen LogP contribution in [0, 0.1) is 0 Å². The first-order chi connectivity index (χ1) is 14.0. The van der Waals surface area contributed by atoms with Crippen LogP contribution in [0.4, 0.5) is 11.5 Å². The van der Waals surface area contributed by atoms with Crippen LogP contribution >= 0.6 is 0 Å². The monoisotopic (exact) mass is 390 g/mol. The first-order valence-corrected chi connectivity index (χ1v) is 9.88. The van der Waals surface area contributed by atoms with Crippen LogP contribution in [0.2, 0.25) is 0 Å². The molecule has 1 atom stereocenters. The van der Waals surface area contributed by atoms with Gasteiger partial charge in [-0.15, -0.1) is 0 Å². The molecule has 1 aromatic carbocycles. The Morgan fingerprint density at radius 3 is 2.72 bits per heavy atom. The fourth-order valence-electron chi connectivity index (χ4n) is 3.71. The lowest BCUT2D eigenvalue weighted by atomic mass is 9.91. The van der Waals surface area contributed by atoms with E-state index in [1.165, 1.54) is 0 Å². The van der Waals surface area contributed by atoms with Gasteiger partial charge in [-0.1, -0.05) is 24.3 Å². The Labute approximate surface area is 170 Å². The van der Waals surface area contributed by atoms with Crippen molar-refractivity contribution in [1.82, 2.24) is 20.1 Å². The molecule has 0 bridgehead atoms. The molecule has 0 saturated heterocycles. The Bertz CT molecular complexity index is 967. The minimum absolute atomic E-state index is 0.0293. The summed E-state index contributed by atoms with van der Waals surface area (Å²) in [6.45, 7) is 5.43. The number of carbonyl (C=O) groups is 1. The van der Waals surface area contributed by atoms with Crippen LogP contribution in [0.1, 0.15) is 42.4 Å². The zero-order valence-corrected chi connectivity index (χ0v) is 16.7. The van der Waals surface area contributed by atoms with Gasteiger partial charge in [-0.25, -0.2) is 4.68 Å². The van der Waals surface area contributed by atoms with Gasteiger partial charge in [-0.05, 0) is 44.5 Å². The average Bonchev–Trinajstić information content (AvgIpc) is 3.17. The quantitative estimate of drug-likeness (QED) is 0.562. The topological polar surface area (TPSA) is 83.9 Å². The van der Waals surface area contributed by atoms with Gasteiger partial charge in [0.2, 0.25) is 0 Å². The number of carbonyl (C=O) groups excluding carboxylic acids is 1. The van der Waals surface area contributed by atoms with E-state index in [4.69, 9.17) is 0 Å². The molecule has 3 N–H and O–H groups in total. The summed E-state index contributed by atoms with van der Waals surface area (Å²) in [7, 11) is 0. The van der Waals surface area contributed by atoms with E-state index in [-0.39, 0.29) is 17.5 Å². The van der Waals surface area contributed by atoms with Crippen molar-refractivity contribution in [3.05, 3.63) is 72.2 Å². The number of hydrogen-bond acceptors (Lipinski definition) is 5. The summed E-state index contributed by atoms with van der Waals surface area (Å²) < 4.78 is 1.91. The Balaban J connectivity index is 1.44. The van der Waals surface area contributed by atoms with Crippen molar-refractivity contribution in [2.75, 3.05) is 23.7 Å². The molecule has 0 radical (unpaired) electrons. The zero-order chi connectivity index (χ0) is 20.3. The second-order valence-corrected chi connectivity index (χ2v) is 7.84. The van der Waals surface area contributed by atoms with Crippen molar-refractivity contribution in [1.29, 1.82) is 0 Å². The maximum Gasteiger partial charge on any atom is 0.256 e. The fraction of sp³-hybridized carbons (Fsp3) is 0.318. The summed E-state index contributed by atoms with van der Waals surface area (Å²) in [6.07, 6.45) is 4.27. The van der Waals surface area contributed by atoms with Crippen LogP contribution in [-0.4, -0.2) is 33.8 Å². The van der Waals surface area contributed by atoms with Crippen molar-refractivity contribution < 1.29 is 4.79 Å². The molecule has 0 aliphatic carbocycles. The van der Waals surface area contributed by atoms with E-state index >= 15 is 0 Å². The molecule has 0 fully saturated rings. The van der Waals surface area contributed by atoms with Gasteiger partial charge in [0.1, 0.15) is 11.4 Å². The number of rotatable bonds is 6. The average molecular weight is 390 g/mol. The van der Waals surface area contributed by atoms with Crippen LogP contribution < -0.4 is 16.0 Å². The highest BCUT2D eigenvalue weighted by molar-refractivity contribution is 5.98. The van der Waals surface area contributed by atoms with Gasteiger partial charge in [0.25, 0.3) is 5.91 Å². The van der Waals surface area contributed by atoms with E-state index in [9.17, 15) is 4.79 Å². The van der Waals surface area contributed by atoms with Crippen LogP contribution in [0.5, 0.6) is 0 Å². The molecule has 7 heteroatoms. The van der Waals surface area contributed by atoms with Crippen LogP contribution in [-0.2, 0) is 5.54 Å². The molecule has 1 aliphatic heterocycles. The van der Waals surface area contributed by atoms with Crippen molar-refractivity contribution in [3.8, 4) is 0 Å². The number of benzene rings is 1. The smallest absolute Gasteiger partial charge is 0.256 e. The summed E-state index contributed by atoms with van der Waals surface area (Å²) in [5, 5.41) is 14.2. The molecule has 2 aromatic heterocycles. The molecule has 150 valence electrons. The molecule has 1 aliphatic rings. The Kier molecular flexibility index (Phi) is 5.20. The standard InChI is InChI=1S/C22H26N6O/c1-22(2)14-19(18-10-6-7-11-24-18)27-20-17(15-26-28(20)22)21(29)25-13-12-23-16-8-4-3-5-9-16/h3-11,15,19,23,27H,12-14H2,1-2H3,(H,25,29). The van der Waals surface area contributed by atoms with E-state index in [0.717, 1.165) is 23.6 Å². The highest BCUT2D eigenvalue weighted by Gasteiger charge is 2.37. The SMILES string of the molecule is CC1(C)CC(c2ccccn2)Nc2c(C(=O)NCCNc3ccccc3)cnn21. The maximum atomic E-state index is 12.8. The van der Waals surface area contributed by atoms with Crippen LogP contribution in [0.15, 0.2) is 60.9 Å². The van der Waals surface area contributed by atoms with Crippen LogP contribution in [0.3, 0.4) is 0 Å². The lowest BCUT2D eigenvalue weighted by Gasteiger charge is -2.37. The molecule has 4 rings (SSSR count). The number of fused-ring (bicyclic) bond motifs is 1. The third-order valence-corrected chi connectivity index (χ3v) is 5.16. The van der Waals surface area contributed by atoms with Crippen molar-refractivity contribution in [2.45, 2.75) is 31.8 Å². The van der Waals surface area contributed by atoms with Crippen molar-refractivity contribution >= 4 is 17.4 Å². The highest BCUT2D eigenvalue weighted by atomic mass is 16.1. The first kappa shape index (κ1) is 19.0. The Morgan fingerprint density at radius 2 is 1.97 bits per heavy atom. The van der Waals surface area contributed by atoms with Gasteiger partial charge in [0.05, 0.1) is 23.5 Å². The fourth-order valence-corrected chi connectivity index (χ4v) is 3.71. The number of amides is 1. The van der Waals surface area contributed by atoms with Gasteiger partial charge in [0.15, 0.2) is 0 Å². The van der Waals surface area contributed by atoms with E-state index in [0.29, 0.717) is 18.7 Å². The summed E-state index contributed by atoms with van der Waals surface area (Å²) in [4.78, 5) is 17.3. The molecule has 0 saturated carbocycles.